The van der Waals surface area contributed by atoms with E-state index < -0.39 is 17.7 Å². The van der Waals surface area contributed by atoms with Crippen LogP contribution in [0.4, 0.5) is 0 Å². The summed E-state index contributed by atoms with van der Waals surface area (Å²) in [6.07, 6.45) is 0.724. The number of benzene rings is 1. The Labute approximate surface area is 162 Å². The molecule has 1 aliphatic heterocycles. The van der Waals surface area contributed by atoms with Crippen molar-refractivity contribution in [2.75, 3.05) is 13.7 Å². The Morgan fingerprint density at radius 2 is 2.04 bits per heavy atom. The lowest BCUT2D eigenvalue weighted by Gasteiger charge is -2.23. The number of rotatable bonds is 5. The number of likely N-dealkylation sites (tertiary alicyclic amines) is 1. The summed E-state index contributed by atoms with van der Waals surface area (Å²) in [7, 11) is 1.53. The Bertz CT molecular complexity index is 915. The Balaban J connectivity index is 2.26. The van der Waals surface area contributed by atoms with Crippen LogP contribution in [0.15, 0.2) is 35.2 Å². The molecule has 142 valence electrons. The summed E-state index contributed by atoms with van der Waals surface area (Å²) in [5.74, 6) is -0.903. The fourth-order valence-corrected chi connectivity index (χ4v) is 4.49. The number of aliphatic hydroxyl groups is 1. The number of amides is 1. The number of nitrogens with zero attached hydrogens (tertiary/aromatic N) is 1. The lowest BCUT2D eigenvalue weighted by atomic mass is 9.96. The molecule has 1 atom stereocenters. The van der Waals surface area contributed by atoms with Gasteiger partial charge in [0.05, 0.1) is 24.3 Å². The fourth-order valence-electron chi connectivity index (χ4n) is 3.64. The van der Waals surface area contributed by atoms with Crippen molar-refractivity contribution < 1.29 is 19.4 Å². The Morgan fingerprint density at radius 1 is 1.30 bits per heavy atom. The van der Waals surface area contributed by atoms with Gasteiger partial charge in [0.25, 0.3) is 11.7 Å². The molecule has 2 aromatic rings. The van der Waals surface area contributed by atoms with E-state index in [0.29, 0.717) is 17.9 Å². The molecule has 1 amide bonds. The molecular formula is C21H23NO4S. The first kappa shape index (κ1) is 19.2. The number of methoxy groups -OCH3 is 1. The van der Waals surface area contributed by atoms with Crippen LogP contribution in [0.2, 0.25) is 0 Å². The predicted molar refractivity (Wildman–Crippen MR) is 106 cm³/mol. The molecule has 1 N–H and O–H groups in total. The highest BCUT2D eigenvalue weighted by Crippen LogP contribution is 2.43. The van der Waals surface area contributed by atoms with Crippen LogP contribution in [-0.4, -0.2) is 35.4 Å². The van der Waals surface area contributed by atoms with Gasteiger partial charge in [0.15, 0.2) is 0 Å². The maximum absolute atomic E-state index is 12.8. The first-order valence-corrected chi connectivity index (χ1v) is 9.76. The summed E-state index contributed by atoms with van der Waals surface area (Å²) in [6, 6.07) is 6.91. The summed E-state index contributed by atoms with van der Waals surface area (Å²) in [6.45, 7) is 6.20. The molecule has 1 aromatic carbocycles. The number of hydrogen-bond acceptors (Lipinski definition) is 5. The molecule has 1 fully saturated rings. The second kappa shape index (κ2) is 7.56. The molecule has 2 heterocycles. The van der Waals surface area contributed by atoms with Crippen molar-refractivity contribution in [1.82, 2.24) is 4.90 Å². The highest BCUT2D eigenvalue weighted by atomic mass is 32.1. The molecule has 1 aliphatic rings. The van der Waals surface area contributed by atoms with Crippen molar-refractivity contribution in [3.63, 3.8) is 0 Å². The quantitative estimate of drug-likeness (QED) is 0.476. The largest absolute Gasteiger partial charge is 0.507 e. The molecule has 0 saturated carbocycles. The Hall–Kier alpha value is -2.60. The van der Waals surface area contributed by atoms with E-state index in [4.69, 9.17) is 4.74 Å². The smallest absolute Gasteiger partial charge is 0.295 e. The van der Waals surface area contributed by atoms with Gasteiger partial charge >= 0.3 is 0 Å². The van der Waals surface area contributed by atoms with Crippen molar-refractivity contribution in [2.24, 2.45) is 0 Å². The van der Waals surface area contributed by atoms with E-state index in [-0.39, 0.29) is 11.3 Å². The van der Waals surface area contributed by atoms with Crippen molar-refractivity contribution in [3.05, 3.63) is 56.8 Å². The van der Waals surface area contributed by atoms with Gasteiger partial charge < -0.3 is 14.7 Å². The number of carbonyl (C=O) groups is 2. The third-order valence-corrected chi connectivity index (χ3v) is 5.62. The predicted octanol–water partition coefficient (Wildman–Crippen LogP) is 4.21. The highest BCUT2D eigenvalue weighted by Gasteiger charge is 2.46. The zero-order chi connectivity index (χ0) is 19.7. The summed E-state index contributed by atoms with van der Waals surface area (Å²) in [4.78, 5) is 27.9. The van der Waals surface area contributed by atoms with E-state index >= 15 is 0 Å². The molecule has 1 unspecified atom stereocenters. The van der Waals surface area contributed by atoms with Gasteiger partial charge in [0, 0.05) is 11.4 Å². The number of aryl methyl sites for hydroxylation is 2. The number of hydrogen-bond donors (Lipinski definition) is 1. The first-order chi connectivity index (χ1) is 12.9. The van der Waals surface area contributed by atoms with Crippen LogP contribution in [0.25, 0.3) is 5.76 Å². The summed E-state index contributed by atoms with van der Waals surface area (Å²) >= 11 is 1.46. The van der Waals surface area contributed by atoms with Crippen LogP contribution in [-0.2, 0) is 9.59 Å². The molecule has 1 aromatic heterocycles. The lowest BCUT2D eigenvalue weighted by Crippen LogP contribution is -2.30. The summed E-state index contributed by atoms with van der Waals surface area (Å²) in [5.41, 5.74) is 2.35. The highest BCUT2D eigenvalue weighted by molar-refractivity contribution is 7.10. The van der Waals surface area contributed by atoms with E-state index in [2.05, 4.69) is 0 Å². The number of ether oxygens (including phenoxy) is 1. The first-order valence-electron chi connectivity index (χ1n) is 8.88. The average Bonchev–Trinajstić information content (AvgIpc) is 3.23. The van der Waals surface area contributed by atoms with Crippen LogP contribution in [0.3, 0.4) is 0 Å². The number of Topliss-reactive ketones (excluding diaryl/α,β-unsaturated/α-hetero) is 1. The maximum Gasteiger partial charge on any atom is 0.295 e. The summed E-state index contributed by atoms with van der Waals surface area (Å²) in [5, 5.41) is 13.0. The van der Waals surface area contributed by atoms with E-state index in [1.165, 1.54) is 18.4 Å². The number of aliphatic hydroxyl groups excluding tert-OH is 1. The average molecular weight is 385 g/mol. The molecule has 0 spiro atoms. The SMILES string of the molecule is CCCN1C(=O)C(=O)/C(=C(\O)c2cc(C)cc(C)c2OC)C1c1cccs1. The third kappa shape index (κ3) is 3.25. The maximum atomic E-state index is 12.8. The van der Waals surface area contributed by atoms with Gasteiger partial charge in [-0.15, -0.1) is 11.3 Å². The van der Waals surface area contributed by atoms with Crippen molar-refractivity contribution in [1.29, 1.82) is 0 Å². The van der Waals surface area contributed by atoms with E-state index in [9.17, 15) is 14.7 Å². The van der Waals surface area contributed by atoms with E-state index in [1.807, 2.05) is 44.4 Å². The Kier molecular flexibility index (Phi) is 5.37. The van der Waals surface area contributed by atoms with Gasteiger partial charge in [-0.1, -0.05) is 19.1 Å². The Morgan fingerprint density at radius 3 is 2.63 bits per heavy atom. The molecule has 5 nitrogen and oxygen atoms in total. The van der Waals surface area contributed by atoms with Gasteiger partial charge in [-0.3, -0.25) is 9.59 Å². The van der Waals surface area contributed by atoms with Crippen molar-refractivity contribution in [3.8, 4) is 5.75 Å². The summed E-state index contributed by atoms with van der Waals surface area (Å²) < 4.78 is 5.47. The zero-order valence-electron chi connectivity index (χ0n) is 15.9. The monoisotopic (exact) mass is 385 g/mol. The topological polar surface area (TPSA) is 66.8 Å². The van der Waals surface area contributed by atoms with Crippen LogP contribution in [0.1, 0.15) is 41.0 Å². The number of ketones is 1. The minimum Gasteiger partial charge on any atom is -0.507 e. The van der Waals surface area contributed by atoms with Gasteiger partial charge in [0.2, 0.25) is 0 Å². The molecule has 1 saturated heterocycles. The number of carbonyl (C=O) groups excluding carboxylic acids is 2. The fraction of sp³-hybridized carbons (Fsp3) is 0.333. The molecule has 27 heavy (non-hydrogen) atoms. The van der Waals surface area contributed by atoms with Crippen LogP contribution >= 0.6 is 11.3 Å². The molecular weight excluding hydrogens is 362 g/mol. The molecule has 6 heteroatoms. The second-order valence-corrected chi connectivity index (χ2v) is 7.65. The van der Waals surface area contributed by atoms with Gasteiger partial charge in [-0.2, -0.15) is 0 Å². The third-order valence-electron chi connectivity index (χ3n) is 4.70. The standard InChI is InChI=1S/C21H23NO4S/c1-5-8-22-17(15-7-6-9-27-15)16(19(24)21(22)25)18(23)14-11-12(2)10-13(3)20(14)26-4/h6-7,9-11,17,23H,5,8H2,1-4H3/b18-16-. The van der Waals surface area contributed by atoms with Gasteiger partial charge in [-0.05, 0) is 48.9 Å². The van der Waals surface area contributed by atoms with Crippen LogP contribution in [0, 0.1) is 13.8 Å². The van der Waals surface area contributed by atoms with Crippen LogP contribution < -0.4 is 4.74 Å². The number of thiophene rings is 1. The van der Waals surface area contributed by atoms with E-state index in [0.717, 1.165) is 22.4 Å². The minimum absolute atomic E-state index is 0.124. The van der Waals surface area contributed by atoms with Crippen LogP contribution in [0.5, 0.6) is 5.75 Å². The minimum atomic E-state index is -0.652. The molecule has 3 rings (SSSR count). The second-order valence-electron chi connectivity index (χ2n) is 6.67. The van der Waals surface area contributed by atoms with Gasteiger partial charge in [0.1, 0.15) is 11.5 Å². The molecule has 0 aliphatic carbocycles. The zero-order valence-corrected chi connectivity index (χ0v) is 16.7. The molecule has 0 bridgehead atoms. The van der Waals surface area contributed by atoms with Crippen molar-refractivity contribution >= 4 is 28.8 Å². The normalized spacial score (nSPS) is 19.0. The van der Waals surface area contributed by atoms with E-state index in [1.54, 1.807) is 11.0 Å². The lowest BCUT2D eigenvalue weighted by molar-refractivity contribution is -0.139. The van der Waals surface area contributed by atoms with Gasteiger partial charge in [-0.25, -0.2) is 0 Å². The van der Waals surface area contributed by atoms with Crippen molar-refractivity contribution in [2.45, 2.75) is 33.2 Å². The molecule has 0 radical (unpaired) electrons.